The lowest BCUT2D eigenvalue weighted by Gasteiger charge is -2.05. The summed E-state index contributed by atoms with van der Waals surface area (Å²) in [5.74, 6) is -2.42. The molecule has 1 aliphatic heterocycles. The van der Waals surface area contributed by atoms with Crippen molar-refractivity contribution in [2.75, 3.05) is 13.7 Å². The molecule has 0 saturated heterocycles. The van der Waals surface area contributed by atoms with Gasteiger partial charge in [0.2, 0.25) is 0 Å². The Balaban J connectivity index is 2.45. The molecule has 104 valence electrons. The number of hydrogen-bond donors (Lipinski definition) is 0. The van der Waals surface area contributed by atoms with Crippen LogP contribution in [0.5, 0.6) is 5.75 Å². The van der Waals surface area contributed by atoms with Gasteiger partial charge in [0, 0.05) is 5.56 Å². The lowest BCUT2D eigenvalue weighted by Crippen LogP contribution is -2.17. The maximum absolute atomic E-state index is 11.8. The number of esters is 2. The van der Waals surface area contributed by atoms with Gasteiger partial charge < -0.3 is 14.2 Å². The van der Waals surface area contributed by atoms with Crippen LogP contribution in [0.15, 0.2) is 29.8 Å². The van der Waals surface area contributed by atoms with Crippen molar-refractivity contribution in [1.29, 1.82) is 0 Å². The highest BCUT2D eigenvalue weighted by molar-refractivity contribution is 6.51. The van der Waals surface area contributed by atoms with Crippen molar-refractivity contribution in [3.8, 4) is 5.75 Å². The second-order valence-electron chi connectivity index (χ2n) is 3.87. The van der Waals surface area contributed by atoms with E-state index in [-0.39, 0.29) is 17.9 Å². The topological polar surface area (TPSA) is 78.9 Å². The first-order chi connectivity index (χ1) is 9.58. The number of methoxy groups -OCH3 is 1. The van der Waals surface area contributed by atoms with E-state index in [1.807, 2.05) is 0 Å². The Morgan fingerprint density at radius 3 is 2.40 bits per heavy atom. The Morgan fingerprint density at radius 1 is 1.20 bits per heavy atom. The highest BCUT2D eigenvalue weighted by Crippen LogP contribution is 2.29. The second-order valence-corrected chi connectivity index (χ2v) is 3.87. The normalized spacial score (nSPS) is 14.3. The summed E-state index contributed by atoms with van der Waals surface area (Å²) in [4.78, 5) is 34.8. The molecule has 2 rings (SSSR count). The Hall–Kier alpha value is -2.63. The van der Waals surface area contributed by atoms with Gasteiger partial charge in [-0.3, -0.25) is 4.79 Å². The van der Waals surface area contributed by atoms with Crippen molar-refractivity contribution in [1.82, 2.24) is 0 Å². The summed E-state index contributed by atoms with van der Waals surface area (Å²) in [7, 11) is 1.51. The predicted octanol–water partition coefficient (Wildman–Crippen LogP) is 1.10. The lowest BCUT2D eigenvalue weighted by molar-refractivity contribution is -0.147. The number of carbonyl (C=O) groups is 3. The van der Waals surface area contributed by atoms with Crippen LogP contribution in [0.1, 0.15) is 12.5 Å². The van der Waals surface area contributed by atoms with Crippen LogP contribution in [-0.4, -0.2) is 31.4 Å². The van der Waals surface area contributed by atoms with Crippen LogP contribution in [0.25, 0.3) is 5.76 Å². The Morgan fingerprint density at radius 2 is 1.85 bits per heavy atom. The van der Waals surface area contributed by atoms with Crippen molar-refractivity contribution in [2.45, 2.75) is 6.92 Å². The number of Topliss-reactive ketones (excluding diaryl/α,β-unsaturated/α-hetero) is 1. The maximum atomic E-state index is 11.8. The summed E-state index contributed by atoms with van der Waals surface area (Å²) in [5.41, 5.74) is 0.0510. The molecule has 1 aromatic carbocycles. The third-order valence-electron chi connectivity index (χ3n) is 2.67. The first-order valence-corrected chi connectivity index (χ1v) is 5.90. The molecule has 1 aliphatic rings. The standard InChI is InChI=1S/C14H12O6/c1-3-19-13(16)10-11(15)14(17)20-12(10)8-4-6-9(18-2)7-5-8/h4-7H,3H2,1-2H3. The molecular weight excluding hydrogens is 264 g/mol. The zero-order chi connectivity index (χ0) is 14.7. The summed E-state index contributed by atoms with van der Waals surface area (Å²) in [6, 6.07) is 6.42. The maximum Gasteiger partial charge on any atom is 0.385 e. The molecule has 1 heterocycles. The van der Waals surface area contributed by atoms with E-state index in [9.17, 15) is 14.4 Å². The fourth-order valence-electron chi connectivity index (χ4n) is 1.73. The molecule has 0 radical (unpaired) electrons. The van der Waals surface area contributed by atoms with E-state index in [2.05, 4.69) is 0 Å². The molecule has 0 fully saturated rings. The van der Waals surface area contributed by atoms with E-state index in [1.54, 1.807) is 31.2 Å². The molecule has 6 heteroatoms. The number of ether oxygens (including phenoxy) is 3. The SMILES string of the molecule is CCOC(=O)C1=C(c2ccc(OC)cc2)OC(=O)C1=O. The van der Waals surface area contributed by atoms with Gasteiger partial charge in [0.15, 0.2) is 11.3 Å². The number of cyclic esters (lactones) is 1. The van der Waals surface area contributed by atoms with Gasteiger partial charge in [-0.05, 0) is 31.2 Å². The largest absolute Gasteiger partial charge is 0.497 e. The Kier molecular flexibility index (Phi) is 3.84. The minimum Gasteiger partial charge on any atom is -0.497 e. The van der Waals surface area contributed by atoms with E-state index < -0.39 is 17.7 Å². The van der Waals surface area contributed by atoms with E-state index >= 15 is 0 Å². The first kappa shape index (κ1) is 13.8. The zero-order valence-corrected chi connectivity index (χ0v) is 11.0. The van der Waals surface area contributed by atoms with E-state index in [1.165, 1.54) is 7.11 Å². The fourth-order valence-corrected chi connectivity index (χ4v) is 1.73. The van der Waals surface area contributed by atoms with Crippen LogP contribution >= 0.6 is 0 Å². The van der Waals surface area contributed by atoms with Crippen molar-refractivity contribution in [3.05, 3.63) is 35.4 Å². The van der Waals surface area contributed by atoms with Crippen molar-refractivity contribution >= 4 is 23.5 Å². The fraction of sp³-hybridized carbons (Fsp3) is 0.214. The minimum atomic E-state index is -1.08. The Bertz CT molecular complexity index is 597. The summed E-state index contributed by atoms with van der Waals surface area (Å²) in [5, 5.41) is 0. The minimum absolute atomic E-state index is 0.0823. The lowest BCUT2D eigenvalue weighted by atomic mass is 10.1. The highest BCUT2D eigenvalue weighted by atomic mass is 16.6. The van der Waals surface area contributed by atoms with Crippen molar-refractivity contribution in [2.24, 2.45) is 0 Å². The Labute approximate surface area is 114 Å². The number of ketones is 1. The van der Waals surface area contributed by atoms with E-state index in [4.69, 9.17) is 14.2 Å². The number of carbonyl (C=O) groups excluding carboxylic acids is 3. The zero-order valence-electron chi connectivity index (χ0n) is 11.0. The van der Waals surface area contributed by atoms with Gasteiger partial charge >= 0.3 is 11.9 Å². The quantitative estimate of drug-likeness (QED) is 0.465. The van der Waals surface area contributed by atoms with Gasteiger partial charge in [-0.15, -0.1) is 0 Å². The van der Waals surface area contributed by atoms with Crippen LogP contribution in [0, 0.1) is 0 Å². The van der Waals surface area contributed by atoms with Gasteiger partial charge in [0.1, 0.15) is 5.75 Å². The van der Waals surface area contributed by atoms with Crippen molar-refractivity contribution in [3.63, 3.8) is 0 Å². The summed E-state index contributed by atoms with van der Waals surface area (Å²) >= 11 is 0. The van der Waals surface area contributed by atoms with Crippen LogP contribution in [0.3, 0.4) is 0 Å². The molecule has 6 nitrogen and oxygen atoms in total. The molecule has 1 aromatic rings. The monoisotopic (exact) mass is 276 g/mol. The van der Waals surface area contributed by atoms with E-state index in [0.717, 1.165) is 0 Å². The third kappa shape index (κ3) is 2.40. The number of benzene rings is 1. The summed E-state index contributed by atoms with van der Waals surface area (Å²) in [6.45, 7) is 1.70. The molecule has 0 atom stereocenters. The highest BCUT2D eigenvalue weighted by Gasteiger charge is 2.39. The predicted molar refractivity (Wildman–Crippen MR) is 67.6 cm³/mol. The molecule has 0 bridgehead atoms. The van der Waals surface area contributed by atoms with Crippen LogP contribution in [-0.2, 0) is 23.9 Å². The average Bonchev–Trinajstić information content (AvgIpc) is 2.75. The second kappa shape index (κ2) is 5.56. The number of rotatable bonds is 4. The molecule has 0 unspecified atom stereocenters. The molecule has 20 heavy (non-hydrogen) atoms. The van der Waals surface area contributed by atoms with E-state index in [0.29, 0.717) is 11.3 Å². The summed E-state index contributed by atoms with van der Waals surface area (Å²) in [6.07, 6.45) is 0. The van der Waals surface area contributed by atoms with Crippen LogP contribution in [0.4, 0.5) is 0 Å². The third-order valence-corrected chi connectivity index (χ3v) is 2.67. The average molecular weight is 276 g/mol. The van der Waals surface area contributed by atoms with Gasteiger partial charge in [0.05, 0.1) is 13.7 Å². The van der Waals surface area contributed by atoms with Gasteiger partial charge in [0.25, 0.3) is 5.78 Å². The van der Waals surface area contributed by atoms with Gasteiger partial charge in [-0.25, -0.2) is 9.59 Å². The van der Waals surface area contributed by atoms with Gasteiger partial charge in [-0.2, -0.15) is 0 Å². The summed E-state index contributed by atoms with van der Waals surface area (Å²) < 4.78 is 14.6. The van der Waals surface area contributed by atoms with Crippen LogP contribution in [0.2, 0.25) is 0 Å². The molecule has 0 amide bonds. The molecule has 0 aromatic heterocycles. The number of hydrogen-bond acceptors (Lipinski definition) is 6. The smallest absolute Gasteiger partial charge is 0.385 e. The molecular formula is C14H12O6. The van der Waals surface area contributed by atoms with Crippen molar-refractivity contribution < 1.29 is 28.6 Å². The molecule has 0 spiro atoms. The molecule has 0 aliphatic carbocycles. The van der Waals surface area contributed by atoms with Crippen LogP contribution < -0.4 is 4.74 Å². The molecule has 0 saturated carbocycles. The molecule has 0 N–H and O–H groups in total. The van der Waals surface area contributed by atoms with Gasteiger partial charge in [-0.1, -0.05) is 0 Å². The first-order valence-electron chi connectivity index (χ1n) is 5.90.